The van der Waals surface area contributed by atoms with E-state index < -0.39 is 22.5 Å². The summed E-state index contributed by atoms with van der Waals surface area (Å²) >= 11 is 0. The molecule has 0 fully saturated rings. The zero-order valence-corrected chi connectivity index (χ0v) is 18.3. The molecule has 3 rings (SSSR count). The van der Waals surface area contributed by atoms with Crippen LogP contribution in [-0.4, -0.2) is 37.1 Å². The van der Waals surface area contributed by atoms with Gasteiger partial charge < -0.3 is 9.64 Å². The number of rotatable bonds is 7. The van der Waals surface area contributed by atoms with Gasteiger partial charge in [-0.15, -0.1) is 0 Å². The number of anilines is 1. The van der Waals surface area contributed by atoms with Gasteiger partial charge in [-0.25, -0.2) is 10.2 Å². The number of benzene rings is 3. The summed E-state index contributed by atoms with van der Waals surface area (Å²) in [5, 5.41) is 15.3. The van der Waals surface area contributed by atoms with Gasteiger partial charge in [0, 0.05) is 37.0 Å². The predicted octanol–water partition coefficient (Wildman–Crippen LogP) is 3.95. The fourth-order valence-electron chi connectivity index (χ4n) is 2.92. The summed E-state index contributed by atoms with van der Waals surface area (Å²) in [6, 6.07) is 17.7. The van der Waals surface area contributed by atoms with Crippen LogP contribution in [0.4, 0.5) is 11.4 Å². The molecule has 0 spiro atoms. The molecule has 0 saturated carbocycles. The number of hydrazone groups is 1. The molecule has 3 aromatic rings. The Bertz CT molecular complexity index is 1220. The van der Waals surface area contributed by atoms with Gasteiger partial charge in [-0.2, -0.15) is 5.10 Å². The van der Waals surface area contributed by atoms with E-state index in [1.807, 2.05) is 32.0 Å². The Morgan fingerprint density at radius 3 is 2.39 bits per heavy atom. The van der Waals surface area contributed by atoms with Crippen LogP contribution in [0.3, 0.4) is 0 Å². The van der Waals surface area contributed by atoms with Crippen LogP contribution in [0.15, 0.2) is 71.8 Å². The van der Waals surface area contributed by atoms with Crippen molar-refractivity contribution < 1.29 is 19.2 Å². The van der Waals surface area contributed by atoms with Crippen LogP contribution in [0.1, 0.15) is 31.8 Å². The lowest BCUT2D eigenvalue weighted by Gasteiger charge is -2.12. The fraction of sp³-hybridized carbons (Fsp3) is 0.125. The van der Waals surface area contributed by atoms with E-state index in [4.69, 9.17) is 4.74 Å². The van der Waals surface area contributed by atoms with Gasteiger partial charge in [0.1, 0.15) is 0 Å². The minimum Gasteiger partial charge on any atom is -0.416 e. The number of hydrogen-bond acceptors (Lipinski definition) is 7. The first-order chi connectivity index (χ1) is 15.7. The summed E-state index contributed by atoms with van der Waals surface area (Å²) in [6.45, 7) is 1.82. The lowest BCUT2D eigenvalue weighted by molar-refractivity contribution is -0.385. The van der Waals surface area contributed by atoms with Crippen LogP contribution in [0.5, 0.6) is 5.75 Å². The second kappa shape index (κ2) is 10.2. The summed E-state index contributed by atoms with van der Waals surface area (Å²) in [4.78, 5) is 37.3. The lowest BCUT2D eigenvalue weighted by Crippen LogP contribution is -2.18. The van der Waals surface area contributed by atoms with E-state index in [2.05, 4.69) is 10.5 Å². The van der Waals surface area contributed by atoms with Crippen molar-refractivity contribution in [1.82, 2.24) is 5.43 Å². The predicted molar refractivity (Wildman–Crippen MR) is 125 cm³/mol. The maximum Gasteiger partial charge on any atom is 0.343 e. The number of nitrogens with one attached hydrogen (secondary N) is 1. The second-order valence-corrected chi connectivity index (χ2v) is 7.38. The molecule has 0 bridgehead atoms. The molecule has 3 aromatic carbocycles. The molecular weight excluding hydrogens is 424 g/mol. The molecule has 1 amide bonds. The number of nitro groups is 1. The standard InChI is InChI=1S/C24H22N4O5/c1-16-5-4-6-19(13-16)24(30)33-22-12-7-17(14-21(22)28(31)32)15-25-26-23(29)18-8-10-20(11-9-18)27(2)3/h4-15H,1-3H3,(H,26,29). The molecule has 0 aliphatic carbocycles. The molecule has 0 atom stereocenters. The van der Waals surface area contributed by atoms with Crippen molar-refractivity contribution in [2.45, 2.75) is 6.92 Å². The van der Waals surface area contributed by atoms with Crippen molar-refractivity contribution in [1.29, 1.82) is 0 Å². The molecule has 9 heteroatoms. The molecule has 0 aromatic heterocycles. The molecule has 9 nitrogen and oxygen atoms in total. The largest absolute Gasteiger partial charge is 0.416 e. The van der Waals surface area contributed by atoms with Gasteiger partial charge in [-0.1, -0.05) is 17.7 Å². The second-order valence-electron chi connectivity index (χ2n) is 7.38. The van der Waals surface area contributed by atoms with Gasteiger partial charge in [-0.05, 0) is 55.5 Å². The highest BCUT2D eigenvalue weighted by molar-refractivity contribution is 5.95. The molecule has 33 heavy (non-hydrogen) atoms. The average molecular weight is 446 g/mol. The van der Waals surface area contributed by atoms with Crippen LogP contribution in [0.2, 0.25) is 0 Å². The van der Waals surface area contributed by atoms with Crippen molar-refractivity contribution in [3.8, 4) is 5.75 Å². The highest BCUT2D eigenvalue weighted by atomic mass is 16.6. The molecule has 168 valence electrons. The summed E-state index contributed by atoms with van der Waals surface area (Å²) in [5.41, 5.74) is 4.85. The van der Waals surface area contributed by atoms with E-state index in [0.717, 1.165) is 11.3 Å². The van der Waals surface area contributed by atoms with Crippen molar-refractivity contribution in [2.75, 3.05) is 19.0 Å². The van der Waals surface area contributed by atoms with Gasteiger partial charge in [0.15, 0.2) is 0 Å². The summed E-state index contributed by atoms with van der Waals surface area (Å²) in [5.74, 6) is -1.31. The third-order valence-electron chi connectivity index (χ3n) is 4.66. The Morgan fingerprint density at radius 2 is 1.76 bits per heavy atom. The normalized spacial score (nSPS) is 10.6. The van der Waals surface area contributed by atoms with E-state index >= 15 is 0 Å². The Labute approximate surface area is 190 Å². The average Bonchev–Trinajstić information content (AvgIpc) is 2.79. The number of nitrogens with zero attached hydrogens (tertiary/aromatic N) is 3. The Kier molecular flexibility index (Phi) is 7.14. The van der Waals surface area contributed by atoms with Crippen LogP contribution in [-0.2, 0) is 0 Å². The first-order valence-corrected chi connectivity index (χ1v) is 9.92. The van der Waals surface area contributed by atoms with Crippen molar-refractivity contribution >= 4 is 29.5 Å². The topological polar surface area (TPSA) is 114 Å². The number of aryl methyl sites for hydroxylation is 1. The van der Waals surface area contributed by atoms with Gasteiger partial charge in [-0.3, -0.25) is 14.9 Å². The maximum absolute atomic E-state index is 12.3. The monoisotopic (exact) mass is 446 g/mol. The van der Waals surface area contributed by atoms with Crippen molar-refractivity contribution in [3.05, 3.63) is 99.1 Å². The van der Waals surface area contributed by atoms with Gasteiger partial charge in [0.05, 0.1) is 16.7 Å². The van der Waals surface area contributed by atoms with Crippen LogP contribution in [0.25, 0.3) is 0 Å². The summed E-state index contributed by atoms with van der Waals surface area (Å²) in [7, 11) is 3.79. The molecule has 1 N–H and O–H groups in total. The fourth-order valence-corrected chi connectivity index (χ4v) is 2.92. The number of amides is 1. The Hall–Kier alpha value is -4.53. The Morgan fingerprint density at radius 1 is 1.03 bits per heavy atom. The molecule has 0 aliphatic rings. The molecular formula is C24H22N4O5. The summed E-state index contributed by atoms with van der Waals surface area (Å²) < 4.78 is 5.23. The number of ether oxygens (including phenoxy) is 1. The van der Waals surface area contributed by atoms with E-state index in [0.29, 0.717) is 11.1 Å². The Balaban J connectivity index is 1.70. The number of esters is 1. The van der Waals surface area contributed by atoms with Gasteiger partial charge >= 0.3 is 11.7 Å². The smallest absolute Gasteiger partial charge is 0.343 e. The molecule has 0 aliphatic heterocycles. The number of nitro benzene ring substituents is 1. The zero-order valence-electron chi connectivity index (χ0n) is 18.3. The third-order valence-corrected chi connectivity index (χ3v) is 4.66. The van der Waals surface area contributed by atoms with E-state index in [1.165, 1.54) is 24.4 Å². The molecule has 0 radical (unpaired) electrons. The molecule has 0 heterocycles. The van der Waals surface area contributed by atoms with Crippen LogP contribution < -0.4 is 15.1 Å². The number of hydrogen-bond donors (Lipinski definition) is 1. The SMILES string of the molecule is Cc1cccc(C(=O)Oc2ccc(C=NNC(=O)c3ccc(N(C)C)cc3)cc2[N+](=O)[O-])c1. The lowest BCUT2D eigenvalue weighted by atomic mass is 10.1. The van der Waals surface area contributed by atoms with Crippen molar-refractivity contribution in [3.63, 3.8) is 0 Å². The maximum atomic E-state index is 12.3. The molecule has 0 saturated heterocycles. The van der Waals surface area contributed by atoms with Crippen LogP contribution in [0, 0.1) is 17.0 Å². The first kappa shape index (κ1) is 23.1. The summed E-state index contributed by atoms with van der Waals surface area (Å²) in [6.07, 6.45) is 1.27. The highest BCUT2D eigenvalue weighted by Gasteiger charge is 2.19. The molecule has 0 unspecified atom stereocenters. The van der Waals surface area contributed by atoms with Crippen LogP contribution >= 0.6 is 0 Å². The minimum atomic E-state index is -0.698. The third kappa shape index (κ3) is 6.01. The van der Waals surface area contributed by atoms with E-state index in [-0.39, 0.29) is 11.3 Å². The number of carbonyl (C=O) groups is 2. The van der Waals surface area contributed by atoms with E-state index in [9.17, 15) is 19.7 Å². The van der Waals surface area contributed by atoms with Crippen molar-refractivity contribution in [2.24, 2.45) is 5.10 Å². The zero-order chi connectivity index (χ0) is 24.0. The van der Waals surface area contributed by atoms with Gasteiger partial charge in [0.2, 0.25) is 5.75 Å². The highest BCUT2D eigenvalue weighted by Crippen LogP contribution is 2.28. The van der Waals surface area contributed by atoms with Gasteiger partial charge in [0.25, 0.3) is 5.91 Å². The quantitative estimate of drug-likeness (QED) is 0.193. The van der Waals surface area contributed by atoms with E-state index in [1.54, 1.807) is 42.5 Å². The first-order valence-electron chi connectivity index (χ1n) is 9.92. The minimum absolute atomic E-state index is 0.186. The number of carbonyl (C=O) groups excluding carboxylic acids is 2.